The van der Waals surface area contributed by atoms with E-state index in [1.165, 1.54) is 37.4 Å². The summed E-state index contributed by atoms with van der Waals surface area (Å²) in [5.74, 6) is 3.57. The lowest BCUT2D eigenvalue weighted by atomic mass is 9.78. The normalized spacial score (nSPS) is 20.5. The average Bonchev–Trinajstić information content (AvgIpc) is 3.52. The molecule has 0 bridgehead atoms. The lowest BCUT2D eigenvalue weighted by Gasteiger charge is -2.44. The van der Waals surface area contributed by atoms with E-state index >= 15 is 0 Å². The number of ether oxygens (including phenoxy) is 1. The largest absolute Gasteiger partial charge is 0.497 e. The van der Waals surface area contributed by atoms with Crippen LogP contribution in [-0.2, 0) is 11.3 Å². The molecule has 3 aromatic rings. The van der Waals surface area contributed by atoms with Crippen LogP contribution in [0.25, 0.3) is 11.4 Å². The first kappa shape index (κ1) is 22.1. The predicted molar refractivity (Wildman–Crippen MR) is 127 cm³/mol. The van der Waals surface area contributed by atoms with Gasteiger partial charge in [0.2, 0.25) is 5.91 Å². The van der Waals surface area contributed by atoms with Gasteiger partial charge in [-0.3, -0.25) is 9.36 Å². The van der Waals surface area contributed by atoms with Crippen LogP contribution in [0.4, 0.5) is 0 Å². The van der Waals surface area contributed by atoms with Crippen LogP contribution in [0, 0.1) is 5.92 Å². The molecule has 8 heteroatoms. The molecule has 33 heavy (non-hydrogen) atoms. The molecule has 1 aromatic carbocycles. The maximum Gasteiger partial charge on any atom is 0.233 e. The number of rotatable bonds is 7. The fourth-order valence-electron chi connectivity index (χ4n) is 5.22. The summed E-state index contributed by atoms with van der Waals surface area (Å²) in [6.07, 6.45) is 9.01. The van der Waals surface area contributed by atoms with Crippen molar-refractivity contribution in [2.24, 2.45) is 5.92 Å². The minimum absolute atomic E-state index is 0.215. The molecule has 5 rings (SSSR count). The average molecular weight is 467 g/mol. The van der Waals surface area contributed by atoms with Crippen LogP contribution in [0.1, 0.15) is 44.3 Å². The minimum Gasteiger partial charge on any atom is -0.497 e. The molecule has 174 valence electrons. The van der Waals surface area contributed by atoms with Crippen LogP contribution in [-0.4, -0.2) is 51.0 Å². The summed E-state index contributed by atoms with van der Waals surface area (Å²) in [5, 5.41) is 9.64. The van der Waals surface area contributed by atoms with E-state index in [0.29, 0.717) is 24.3 Å². The number of aromatic nitrogens is 3. The number of fused-ring (bicyclic) bond motifs is 1. The smallest absolute Gasteiger partial charge is 0.233 e. The SMILES string of the molecule is COc1cccc(-c2nnc(SCC(=O)N3CCC[C@@H]4CCCC[C@H]43)n2Cc2ccco2)c1. The molecule has 1 aliphatic heterocycles. The number of likely N-dealkylation sites (tertiary alicyclic amines) is 1. The Morgan fingerprint density at radius 2 is 2.03 bits per heavy atom. The molecule has 2 atom stereocenters. The first-order valence-corrected chi connectivity index (χ1v) is 12.7. The fraction of sp³-hybridized carbons (Fsp3) is 0.480. The Hall–Kier alpha value is -2.74. The van der Waals surface area contributed by atoms with Crippen LogP contribution in [0.5, 0.6) is 5.75 Å². The Labute approximate surface area is 198 Å². The van der Waals surface area contributed by atoms with Crippen LogP contribution >= 0.6 is 11.8 Å². The number of piperidine rings is 1. The van der Waals surface area contributed by atoms with Gasteiger partial charge in [-0.15, -0.1) is 10.2 Å². The van der Waals surface area contributed by atoms with Crippen molar-refractivity contribution in [1.29, 1.82) is 0 Å². The monoisotopic (exact) mass is 466 g/mol. The molecule has 0 spiro atoms. The number of hydrogen-bond donors (Lipinski definition) is 0. The third-order valence-corrected chi connectivity index (χ3v) is 7.78. The number of benzene rings is 1. The van der Waals surface area contributed by atoms with Gasteiger partial charge >= 0.3 is 0 Å². The zero-order valence-electron chi connectivity index (χ0n) is 19.0. The van der Waals surface area contributed by atoms with Gasteiger partial charge in [-0.25, -0.2) is 0 Å². The Morgan fingerprint density at radius 1 is 1.15 bits per heavy atom. The number of thioether (sulfide) groups is 1. The standard InChI is InChI=1S/C25H30N4O3S/c1-31-20-10-4-8-19(15-20)24-26-27-25(29(24)16-21-11-6-14-32-21)33-17-23(30)28-13-5-9-18-7-2-3-12-22(18)28/h4,6,8,10-11,14-15,18,22H,2-3,5,7,9,12-13,16-17H2,1H3/t18-,22+/m0/s1. The Bertz CT molecular complexity index is 1080. The highest BCUT2D eigenvalue weighted by Gasteiger charge is 2.35. The lowest BCUT2D eigenvalue weighted by Crippen LogP contribution is -2.50. The lowest BCUT2D eigenvalue weighted by molar-refractivity contribution is -0.134. The van der Waals surface area contributed by atoms with E-state index < -0.39 is 0 Å². The molecule has 0 radical (unpaired) electrons. The van der Waals surface area contributed by atoms with E-state index in [1.54, 1.807) is 13.4 Å². The Kier molecular flexibility index (Phi) is 6.71. The van der Waals surface area contributed by atoms with E-state index in [2.05, 4.69) is 15.1 Å². The summed E-state index contributed by atoms with van der Waals surface area (Å²) in [5.41, 5.74) is 0.910. The molecular weight excluding hydrogens is 436 g/mol. The number of hydrogen-bond acceptors (Lipinski definition) is 6. The molecule has 2 aliphatic rings. The topological polar surface area (TPSA) is 73.4 Å². The van der Waals surface area contributed by atoms with Crippen molar-refractivity contribution in [2.45, 2.75) is 56.3 Å². The van der Waals surface area contributed by atoms with Crippen LogP contribution in [0.3, 0.4) is 0 Å². The van der Waals surface area contributed by atoms with Crippen molar-refractivity contribution in [3.05, 3.63) is 48.4 Å². The Morgan fingerprint density at radius 3 is 2.88 bits per heavy atom. The Balaban J connectivity index is 1.36. The van der Waals surface area contributed by atoms with Crippen LogP contribution in [0.2, 0.25) is 0 Å². The molecule has 0 N–H and O–H groups in total. The van der Waals surface area contributed by atoms with Gasteiger partial charge in [0.25, 0.3) is 0 Å². The van der Waals surface area contributed by atoms with Crippen molar-refractivity contribution < 1.29 is 13.9 Å². The van der Waals surface area contributed by atoms with E-state index in [9.17, 15) is 4.79 Å². The van der Waals surface area contributed by atoms with Gasteiger partial charge in [-0.2, -0.15) is 0 Å². The molecule has 3 heterocycles. The molecular formula is C25H30N4O3S. The highest BCUT2D eigenvalue weighted by atomic mass is 32.2. The maximum absolute atomic E-state index is 13.2. The zero-order valence-corrected chi connectivity index (χ0v) is 19.8. The van der Waals surface area contributed by atoms with Crippen molar-refractivity contribution in [2.75, 3.05) is 19.4 Å². The van der Waals surface area contributed by atoms with Crippen molar-refractivity contribution in [1.82, 2.24) is 19.7 Å². The van der Waals surface area contributed by atoms with Gasteiger partial charge in [0.1, 0.15) is 11.5 Å². The first-order valence-electron chi connectivity index (χ1n) is 11.7. The van der Waals surface area contributed by atoms with Crippen LogP contribution < -0.4 is 4.74 Å². The van der Waals surface area contributed by atoms with Crippen molar-refractivity contribution >= 4 is 17.7 Å². The zero-order chi connectivity index (χ0) is 22.6. The van der Waals surface area contributed by atoms with E-state index in [4.69, 9.17) is 9.15 Å². The number of amides is 1. The van der Waals surface area contributed by atoms with Crippen molar-refractivity contribution in [3.8, 4) is 17.1 Å². The molecule has 1 amide bonds. The van der Waals surface area contributed by atoms with Gasteiger partial charge in [0, 0.05) is 18.2 Å². The van der Waals surface area contributed by atoms with Gasteiger partial charge < -0.3 is 14.1 Å². The number of carbonyl (C=O) groups excluding carboxylic acids is 1. The summed E-state index contributed by atoms with van der Waals surface area (Å²) in [7, 11) is 1.65. The number of methoxy groups -OCH3 is 1. The van der Waals surface area contributed by atoms with Gasteiger partial charge in [0.15, 0.2) is 11.0 Å². The first-order chi connectivity index (χ1) is 16.2. The summed E-state index contributed by atoms with van der Waals surface area (Å²) in [6, 6.07) is 12.0. The summed E-state index contributed by atoms with van der Waals surface area (Å²) in [6.45, 7) is 1.38. The summed E-state index contributed by atoms with van der Waals surface area (Å²) in [4.78, 5) is 15.4. The molecule has 7 nitrogen and oxygen atoms in total. The van der Waals surface area contributed by atoms with Gasteiger partial charge in [0.05, 0.1) is 25.7 Å². The maximum atomic E-state index is 13.2. The predicted octanol–water partition coefficient (Wildman–Crippen LogP) is 4.87. The molecule has 2 fully saturated rings. The molecule has 0 unspecified atom stereocenters. The number of nitrogens with zero attached hydrogens (tertiary/aromatic N) is 4. The molecule has 1 saturated carbocycles. The third-order valence-electron chi connectivity index (χ3n) is 6.83. The van der Waals surface area contributed by atoms with Gasteiger partial charge in [-0.05, 0) is 55.9 Å². The second-order valence-corrected chi connectivity index (χ2v) is 9.78. The molecule has 1 saturated heterocycles. The number of furan rings is 1. The highest BCUT2D eigenvalue weighted by molar-refractivity contribution is 7.99. The number of carbonyl (C=O) groups is 1. The van der Waals surface area contributed by atoms with Crippen LogP contribution in [0.15, 0.2) is 52.2 Å². The fourth-order valence-corrected chi connectivity index (χ4v) is 6.04. The van der Waals surface area contributed by atoms with Crippen molar-refractivity contribution in [3.63, 3.8) is 0 Å². The quantitative estimate of drug-likeness (QED) is 0.463. The second kappa shape index (κ2) is 10.0. The van der Waals surface area contributed by atoms with E-state index in [-0.39, 0.29) is 5.91 Å². The summed E-state index contributed by atoms with van der Waals surface area (Å²) < 4.78 is 13.0. The second-order valence-electron chi connectivity index (χ2n) is 8.83. The third kappa shape index (κ3) is 4.81. The molecule has 1 aliphatic carbocycles. The highest BCUT2D eigenvalue weighted by Crippen LogP contribution is 2.36. The van der Waals surface area contributed by atoms with E-state index in [0.717, 1.165) is 47.4 Å². The summed E-state index contributed by atoms with van der Waals surface area (Å²) >= 11 is 1.46. The molecule has 2 aromatic heterocycles. The van der Waals surface area contributed by atoms with E-state index in [1.807, 2.05) is 41.0 Å². The minimum atomic E-state index is 0.215. The van der Waals surface area contributed by atoms with Gasteiger partial charge in [-0.1, -0.05) is 36.7 Å².